The Labute approximate surface area is 86.0 Å². The van der Waals surface area contributed by atoms with Gasteiger partial charge in [0, 0.05) is 11.8 Å². The minimum absolute atomic E-state index is 0.129. The van der Waals surface area contributed by atoms with Crippen molar-refractivity contribution in [1.29, 1.82) is 5.26 Å². The predicted molar refractivity (Wildman–Crippen MR) is 54.4 cm³/mol. The number of ether oxygens (including phenoxy) is 2. The maximum atomic E-state index is 8.48. The van der Waals surface area contributed by atoms with Crippen LogP contribution in [0.4, 0.5) is 5.69 Å². The highest BCUT2D eigenvalue weighted by Gasteiger charge is 2.13. The fourth-order valence-corrected chi connectivity index (χ4v) is 1.25. The van der Waals surface area contributed by atoms with E-state index < -0.39 is 0 Å². The Kier molecular flexibility index (Phi) is 2.21. The summed E-state index contributed by atoms with van der Waals surface area (Å²) < 4.78 is 10.3. The van der Waals surface area contributed by atoms with Crippen molar-refractivity contribution in [1.82, 2.24) is 0 Å². The van der Waals surface area contributed by atoms with Gasteiger partial charge in [0.1, 0.15) is 6.07 Å². The molecule has 5 heteroatoms. The second-order valence-corrected chi connectivity index (χ2v) is 3.04. The topological polar surface area (TPSA) is 54.3 Å². The van der Waals surface area contributed by atoms with Crippen molar-refractivity contribution < 1.29 is 9.47 Å². The Hall–Kier alpha value is -1.80. The Balaban J connectivity index is 2.21. The van der Waals surface area contributed by atoms with Crippen molar-refractivity contribution in [3.8, 4) is 17.6 Å². The minimum atomic E-state index is 0.129. The Morgan fingerprint density at radius 1 is 1.43 bits per heavy atom. The Morgan fingerprint density at radius 2 is 2.21 bits per heavy atom. The van der Waals surface area contributed by atoms with Crippen molar-refractivity contribution in [3.63, 3.8) is 0 Å². The number of hydrogen-bond acceptors (Lipinski definition) is 4. The molecule has 1 aliphatic rings. The number of thiocarbonyl (C=S) groups is 1. The number of benzene rings is 1. The van der Waals surface area contributed by atoms with Crippen molar-refractivity contribution in [2.45, 2.75) is 0 Å². The Morgan fingerprint density at radius 3 is 3.00 bits per heavy atom. The van der Waals surface area contributed by atoms with Crippen LogP contribution in [-0.4, -0.2) is 11.8 Å². The number of nitriles is 1. The van der Waals surface area contributed by atoms with Crippen LogP contribution in [0, 0.1) is 11.3 Å². The molecule has 70 valence electrons. The maximum absolute atomic E-state index is 8.48. The van der Waals surface area contributed by atoms with Gasteiger partial charge in [-0.25, -0.2) is 0 Å². The van der Waals surface area contributed by atoms with Crippen LogP contribution in [0.15, 0.2) is 18.2 Å². The van der Waals surface area contributed by atoms with Gasteiger partial charge >= 0.3 is 0 Å². The van der Waals surface area contributed by atoms with E-state index in [1.807, 2.05) is 6.07 Å². The fraction of sp³-hybridized carbons (Fsp3) is 0.111. The lowest BCUT2D eigenvalue weighted by atomic mass is 10.3. The quantitative estimate of drug-likeness (QED) is 0.708. The highest BCUT2D eigenvalue weighted by atomic mass is 32.1. The molecule has 0 amide bonds. The number of rotatable bonds is 1. The molecular weight excluding hydrogens is 200 g/mol. The first-order valence-corrected chi connectivity index (χ1v) is 4.31. The number of fused-ring (bicyclic) bond motifs is 1. The molecule has 1 aliphatic heterocycles. The SMILES string of the molecule is N#CC(=S)Nc1ccc2c(c1)OCO2. The van der Waals surface area contributed by atoms with Crippen LogP contribution in [0.2, 0.25) is 0 Å². The molecule has 0 fully saturated rings. The van der Waals surface area contributed by atoms with Crippen LogP contribution in [0.25, 0.3) is 0 Å². The van der Waals surface area contributed by atoms with E-state index in [1.54, 1.807) is 18.2 Å². The van der Waals surface area contributed by atoms with E-state index in [1.165, 1.54) is 0 Å². The third-order valence-electron chi connectivity index (χ3n) is 1.73. The minimum Gasteiger partial charge on any atom is -0.454 e. The zero-order chi connectivity index (χ0) is 9.97. The van der Waals surface area contributed by atoms with Crippen LogP contribution in [0.1, 0.15) is 0 Å². The maximum Gasteiger partial charge on any atom is 0.231 e. The summed E-state index contributed by atoms with van der Waals surface area (Å²) in [5.41, 5.74) is 0.723. The molecule has 0 saturated heterocycles. The van der Waals surface area contributed by atoms with Crippen molar-refractivity contribution in [2.24, 2.45) is 0 Å². The number of anilines is 1. The molecule has 0 bridgehead atoms. The van der Waals surface area contributed by atoms with Crippen molar-refractivity contribution in [2.75, 3.05) is 12.1 Å². The summed E-state index contributed by atoms with van der Waals surface area (Å²) in [5.74, 6) is 1.37. The van der Waals surface area contributed by atoms with Crippen LogP contribution in [0.5, 0.6) is 11.5 Å². The third-order valence-corrected chi connectivity index (χ3v) is 1.93. The molecule has 0 unspecified atom stereocenters. The van der Waals surface area contributed by atoms with Gasteiger partial charge in [0.05, 0.1) is 0 Å². The number of nitrogens with zero attached hydrogens (tertiary/aromatic N) is 1. The summed E-state index contributed by atoms with van der Waals surface area (Å²) in [6.07, 6.45) is 0. The first-order chi connectivity index (χ1) is 6.79. The van der Waals surface area contributed by atoms with E-state index in [-0.39, 0.29) is 11.8 Å². The predicted octanol–water partition coefficient (Wildman–Crippen LogP) is 1.68. The largest absolute Gasteiger partial charge is 0.454 e. The lowest BCUT2D eigenvalue weighted by molar-refractivity contribution is 0.174. The summed E-state index contributed by atoms with van der Waals surface area (Å²) in [5, 5.41) is 11.2. The zero-order valence-electron chi connectivity index (χ0n) is 7.11. The zero-order valence-corrected chi connectivity index (χ0v) is 7.93. The van der Waals surface area contributed by atoms with E-state index in [0.29, 0.717) is 11.5 Å². The third kappa shape index (κ3) is 1.60. The van der Waals surface area contributed by atoms with Gasteiger partial charge in [-0.05, 0) is 24.4 Å². The second-order valence-electron chi connectivity index (χ2n) is 2.63. The van der Waals surface area contributed by atoms with Crippen LogP contribution in [0.3, 0.4) is 0 Å². The fourth-order valence-electron chi connectivity index (χ4n) is 1.13. The molecule has 0 aliphatic carbocycles. The smallest absolute Gasteiger partial charge is 0.231 e. The molecule has 1 aromatic carbocycles. The molecule has 14 heavy (non-hydrogen) atoms. The first kappa shape index (κ1) is 8.78. The lowest BCUT2D eigenvalue weighted by Gasteiger charge is -2.02. The van der Waals surface area contributed by atoms with Gasteiger partial charge in [-0.15, -0.1) is 0 Å². The molecular formula is C9H6N2O2S. The summed E-state index contributed by atoms with van der Waals surface area (Å²) in [7, 11) is 0. The van der Waals surface area contributed by atoms with Crippen molar-refractivity contribution in [3.05, 3.63) is 18.2 Å². The van der Waals surface area contributed by atoms with Gasteiger partial charge in [0.2, 0.25) is 6.79 Å². The van der Waals surface area contributed by atoms with E-state index in [9.17, 15) is 0 Å². The molecule has 1 N–H and O–H groups in total. The van der Waals surface area contributed by atoms with Gasteiger partial charge in [0.15, 0.2) is 16.5 Å². The van der Waals surface area contributed by atoms with Gasteiger partial charge in [-0.2, -0.15) is 5.26 Å². The molecule has 0 atom stereocenters. The highest BCUT2D eigenvalue weighted by molar-refractivity contribution is 7.81. The normalized spacial score (nSPS) is 11.9. The van der Waals surface area contributed by atoms with Gasteiger partial charge in [0.25, 0.3) is 0 Å². The van der Waals surface area contributed by atoms with E-state index in [2.05, 4.69) is 5.32 Å². The molecule has 4 nitrogen and oxygen atoms in total. The van der Waals surface area contributed by atoms with Gasteiger partial charge in [-0.1, -0.05) is 0 Å². The summed E-state index contributed by atoms with van der Waals surface area (Å²) in [4.78, 5) is 0.129. The van der Waals surface area contributed by atoms with Gasteiger partial charge in [-0.3, -0.25) is 0 Å². The molecule has 0 radical (unpaired) electrons. The average molecular weight is 206 g/mol. The first-order valence-electron chi connectivity index (χ1n) is 3.90. The van der Waals surface area contributed by atoms with E-state index >= 15 is 0 Å². The lowest BCUT2D eigenvalue weighted by Crippen LogP contribution is -2.05. The molecule has 2 rings (SSSR count). The average Bonchev–Trinajstić information content (AvgIpc) is 2.64. The Bertz CT molecular complexity index is 425. The highest BCUT2D eigenvalue weighted by Crippen LogP contribution is 2.34. The number of hydrogen-bond donors (Lipinski definition) is 1. The molecule has 1 aromatic rings. The standard InChI is InChI=1S/C9H6N2O2S/c10-4-9(14)11-6-1-2-7-8(3-6)13-5-12-7/h1-3H,5H2,(H,11,14). The monoisotopic (exact) mass is 206 g/mol. The second kappa shape index (κ2) is 3.52. The van der Waals surface area contributed by atoms with Gasteiger partial charge < -0.3 is 14.8 Å². The molecule has 0 spiro atoms. The van der Waals surface area contributed by atoms with Crippen molar-refractivity contribution >= 4 is 22.9 Å². The van der Waals surface area contributed by atoms with Crippen LogP contribution < -0.4 is 14.8 Å². The summed E-state index contributed by atoms with van der Waals surface area (Å²) >= 11 is 4.72. The van der Waals surface area contributed by atoms with E-state index in [4.69, 9.17) is 27.0 Å². The van der Waals surface area contributed by atoms with Crippen LogP contribution >= 0.6 is 12.2 Å². The summed E-state index contributed by atoms with van der Waals surface area (Å²) in [6, 6.07) is 7.11. The molecule has 0 aromatic heterocycles. The number of nitrogens with one attached hydrogen (secondary N) is 1. The van der Waals surface area contributed by atoms with Crippen LogP contribution in [-0.2, 0) is 0 Å². The summed E-state index contributed by atoms with van der Waals surface area (Å²) in [6.45, 7) is 0.238. The molecule has 1 heterocycles. The van der Waals surface area contributed by atoms with E-state index in [0.717, 1.165) is 5.69 Å². The molecule has 0 saturated carbocycles.